The number of fused-ring (bicyclic) bond motifs is 1. The molecule has 1 N–H and O–H groups in total. The van der Waals surface area contributed by atoms with Crippen molar-refractivity contribution in [1.29, 1.82) is 0 Å². The Hall–Kier alpha value is -2.32. The summed E-state index contributed by atoms with van der Waals surface area (Å²) in [5, 5.41) is 6.14. The van der Waals surface area contributed by atoms with Gasteiger partial charge in [0.25, 0.3) is 5.56 Å². The second kappa shape index (κ2) is 8.81. The van der Waals surface area contributed by atoms with Crippen molar-refractivity contribution in [1.82, 2.24) is 9.55 Å². The number of thiophene rings is 1. The lowest BCUT2D eigenvalue weighted by Gasteiger charge is -2.13. The summed E-state index contributed by atoms with van der Waals surface area (Å²) in [5.41, 5.74) is 2.53. The summed E-state index contributed by atoms with van der Waals surface area (Å²) in [4.78, 5) is 30.3. The van der Waals surface area contributed by atoms with Crippen LogP contribution in [-0.4, -0.2) is 21.2 Å². The predicted octanol–water partition coefficient (Wildman–Crippen LogP) is 5.79. The van der Waals surface area contributed by atoms with Crippen molar-refractivity contribution in [3.63, 3.8) is 0 Å². The highest BCUT2D eigenvalue weighted by atomic mass is 35.5. The lowest BCUT2D eigenvalue weighted by atomic mass is 10.2. The van der Waals surface area contributed by atoms with Crippen molar-refractivity contribution in [3.05, 3.63) is 79.9 Å². The molecule has 4 aromatic rings. The fourth-order valence-corrected chi connectivity index (χ4v) is 4.87. The summed E-state index contributed by atoms with van der Waals surface area (Å²) in [6, 6.07) is 14.1. The number of thioether (sulfide) groups is 1. The van der Waals surface area contributed by atoms with E-state index in [4.69, 9.17) is 23.2 Å². The highest BCUT2D eigenvalue weighted by Gasteiger charge is 2.16. The van der Waals surface area contributed by atoms with E-state index in [9.17, 15) is 9.59 Å². The van der Waals surface area contributed by atoms with E-state index in [1.807, 2.05) is 24.4 Å². The van der Waals surface area contributed by atoms with E-state index < -0.39 is 0 Å². The number of nitrogens with one attached hydrogen (secondary N) is 1. The van der Waals surface area contributed by atoms with Gasteiger partial charge in [-0.15, -0.1) is 11.3 Å². The van der Waals surface area contributed by atoms with Gasteiger partial charge in [-0.1, -0.05) is 47.1 Å². The quantitative estimate of drug-likeness (QED) is 0.292. The van der Waals surface area contributed by atoms with Gasteiger partial charge < -0.3 is 5.32 Å². The van der Waals surface area contributed by atoms with Gasteiger partial charge in [-0.2, -0.15) is 0 Å². The molecule has 0 radical (unpaired) electrons. The molecule has 2 aromatic carbocycles. The van der Waals surface area contributed by atoms with Crippen LogP contribution in [0.2, 0.25) is 10.0 Å². The molecule has 9 heteroatoms. The lowest BCUT2D eigenvalue weighted by molar-refractivity contribution is -0.113. The smallest absolute Gasteiger partial charge is 0.276 e. The molecule has 30 heavy (non-hydrogen) atoms. The number of aromatic nitrogens is 2. The molecule has 0 bridgehead atoms. The number of halogens is 2. The number of amides is 1. The zero-order chi connectivity index (χ0) is 21.3. The number of hydrogen-bond acceptors (Lipinski definition) is 5. The summed E-state index contributed by atoms with van der Waals surface area (Å²) in [6.07, 6.45) is 0. The molecule has 0 unspecified atom stereocenters. The Labute approximate surface area is 190 Å². The monoisotopic (exact) mass is 475 g/mol. The van der Waals surface area contributed by atoms with E-state index in [0.29, 0.717) is 36.8 Å². The largest absolute Gasteiger partial charge is 0.324 e. The molecule has 5 nitrogen and oxygen atoms in total. The summed E-state index contributed by atoms with van der Waals surface area (Å²) in [7, 11) is 0. The molecule has 0 spiro atoms. The second-order valence-electron chi connectivity index (χ2n) is 6.41. The molecule has 0 saturated carbocycles. The van der Waals surface area contributed by atoms with E-state index >= 15 is 0 Å². The number of benzene rings is 2. The maximum atomic E-state index is 13.1. The SMILES string of the molecule is Cc1cccc(Cl)c1NC(=O)CSc1nc2ccsc2c(=O)n1-c1ccc(Cl)cc1. The lowest BCUT2D eigenvalue weighted by Crippen LogP contribution is -2.22. The van der Waals surface area contributed by atoms with Crippen LogP contribution in [0.1, 0.15) is 5.56 Å². The fourth-order valence-electron chi connectivity index (χ4n) is 2.90. The number of carbonyl (C=O) groups is 1. The number of hydrogen-bond donors (Lipinski definition) is 1. The van der Waals surface area contributed by atoms with Gasteiger partial charge in [-0.3, -0.25) is 14.2 Å². The van der Waals surface area contributed by atoms with Gasteiger partial charge >= 0.3 is 0 Å². The molecule has 0 aliphatic heterocycles. The molecule has 152 valence electrons. The first-order valence-electron chi connectivity index (χ1n) is 8.88. The van der Waals surface area contributed by atoms with Gasteiger partial charge in [-0.25, -0.2) is 4.98 Å². The van der Waals surface area contributed by atoms with Crippen LogP contribution in [0.5, 0.6) is 0 Å². The molecule has 0 aliphatic carbocycles. The molecule has 2 heterocycles. The van der Waals surface area contributed by atoms with Crippen LogP contribution in [0.4, 0.5) is 5.69 Å². The Kier molecular flexibility index (Phi) is 6.15. The minimum Gasteiger partial charge on any atom is -0.324 e. The Morgan fingerprint density at radius 1 is 1.17 bits per heavy atom. The third-order valence-electron chi connectivity index (χ3n) is 4.35. The van der Waals surface area contributed by atoms with Crippen LogP contribution >= 0.6 is 46.3 Å². The van der Waals surface area contributed by atoms with Gasteiger partial charge in [0.15, 0.2) is 5.16 Å². The minimum atomic E-state index is -0.237. The second-order valence-corrected chi connectivity index (χ2v) is 9.12. The molecular formula is C21H15Cl2N3O2S2. The first kappa shape index (κ1) is 20.9. The van der Waals surface area contributed by atoms with E-state index in [1.165, 1.54) is 27.7 Å². The average Bonchev–Trinajstić information content (AvgIpc) is 3.19. The topological polar surface area (TPSA) is 64.0 Å². The van der Waals surface area contributed by atoms with Crippen LogP contribution in [0, 0.1) is 6.92 Å². The maximum absolute atomic E-state index is 13.1. The molecule has 0 fully saturated rings. The molecule has 1 amide bonds. The van der Waals surface area contributed by atoms with Crippen LogP contribution in [0.15, 0.2) is 63.9 Å². The molecule has 4 rings (SSSR count). The van der Waals surface area contributed by atoms with Crippen molar-refractivity contribution < 1.29 is 4.79 Å². The predicted molar refractivity (Wildman–Crippen MR) is 126 cm³/mol. The average molecular weight is 476 g/mol. The van der Waals surface area contributed by atoms with E-state index in [0.717, 1.165) is 5.56 Å². The molecule has 0 saturated heterocycles. The van der Waals surface area contributed by atoms with Crippen molar-refractivity contribution in [3.8, 4) is 5.69 Å². The summed E-state index contributed by atoms with van der Waals surface area (Å²) in [5.74, 6) is -0.168. The number of carbonyl (C=O) groups excluding carboxylic acids is 1. The molecule has 0 atom stereocenters. The minimum absolute atomic E-state index is 0.0698. The number of aryl methyl sites for hydroxylation is 1. The number of rotatable bonds is 5. The van der Waals surface area contributed by atoms with Gasteiger partial charge in [0.1, 0.15) is 4.70 Å². The standard InChI is InChI=1S/C21H15Cl2N3O2S2/c1-12-3-2-4-15(23)18(12)25-17(27)11-30-21-24-16-9-10-29-19(16)20(28)26(21)14-7-5-13(22)6-8-14/h2-10H,11H2,1H3,(H,25,27). The summed E-state index contributed by atoms with van der Waals surface area (Å²) >= 11 is 14.7. The van der Waals surface area contributed by atoms with E-state index in [-0.39, 0.29) is 17.2 Å². The van der Waals surface area contributed by atoms with Crippen molar-refractivity contribution >= 4 is 68.1 Å². The third kappa shape index (κ3) is 4.25. The Morgan fingerprint density at radius 2 is 1.93 bits per heavy atom. The Bertz CT molecular complexity index is 1280. The van der Waals surface area contributed by atoms with Crippen molar-refractivity contribution in [2.24, 2.45) is 0 Å². The van der Waals surface area contributed by atoms with Gasteiger partial charge in [0.05, 0.1) is 27.7 Å². The Morgan fingerprint density at radius 3 is 2.67 bits per heavy atom. The molecule has 0 aliphatic rings. The van der Waals surface area contributed by atoms with Gasteiger partial charge in [-0.05, 0) is 54.3 Å². The van der Waals surface area contributed by atoms with Crippen LogP contribution in [-0.2, 0) is 4.79 Å². The van der Waals surface area contributed by atoms with Crippen LogP contribution < -0.4 is 10.9 Å². The first-order valence-corrected chi connectivity index (χ1v) is 11.5. The number of nitrogens with zero attached hydrogens (tertiary/aromatic N) is 2. The van der Waals surface area contributed by atoms with Gasteiger partial charge in [0.2, 0.25) is 5.91 Å². The highest BCUT2D eigenvalue weighted by molar-refractivity contribution is 7.99. The molecular weight excluding hydrogens is 461 g/mol. The van der Waals surface area contributed by atoms with E-state index in [2.05, 4.69) is 10.3 Å². The maximum Gasteiger partial charge on any atom is 0.276 e. The summed E-state index contributed by atoms with van der Waals surface area (Å²) in [6.45, 7) is 1.87. The highest BCUT2D eigenvalue weighted by Crippen LogP contribution is 2.27. The van der Waals surface area contributed by atoms with Crippen LogP contribution in [0.3, 0.4) is 0 Å². The molecule has 2 aromatic heterocycles. The normalized spacial score (nSPS) is 11.0. The Balaban J connectivity index is 1.65. The first-order chi connectivity index (χ1) is 14.4. The van der Waals surface area contributed by atoms with Crippen molar-refractivity contribution in [2.45, 2.75) is 12.1 Å². The summed E-state index contributed by atoms with van der Waals surface area (Å²) < 4.78 is 2.07. The zero-order valence-corrected chi connectivity index (χ0v) is 18.8. The zero-order valence-electron chi connectivity index (χ0n) is 15.7. The third-order valence-corrected chi connectivity index (χ3v) is 6.75. The van der Waals surface area contributed by atoms with Crippen LogP contribution in [0.25, 0.3) is 15.9 Å². The fraction of sp³-hybridized carbons (Fsp3) is 0.0952. The van der Waals surface area contributed by atoms with E-state index in [1.54, 1.807) is 36.4 Å². The number of anilines is 1. The van der Waals surface area contributed by atoms with Crippen molar-refractivity contribution in [2.75, 3.05) is 11.1 Å². The van der Waals surface area contributed by atoms with Gasteiger partial charge in [0, 0.05) is 5.02 Å². The number of para-hydroxylation sites is 1.